The van der Waals surface area contributed by atoms with Crippen molar-refractivity contribution in [2.45, 2.75) is 19.8 Å². The zero-order valence-electron chi connectivity index (χ0n) is 18.2. The molecule has 1 aromatic carbocycles. The summed E-state index contributed by atoms with van der Waals surface area (Å²) in [4.78, 5) is 49.0. The van der Waals surface area contributed by atoms with Gasteiger partial charge in [-0.15, -0.1) is 11.8 Å². The van der Waals surface area contributed by atoms with E-state index in [0.29, 0.717) is 35.0 Å². The number of nitrogens with zero attached hydrogens (tertiary/aromatic N) is 2. The average molecular weight is 464 g/mol. The Hall–Kier alpha value is -3.34. The molecule has 0 saturated carbocycles. The molecule has 1 aliphatic rings. The largest absolute Gasteiger partial charge is 0.466 e. The number of carbonyl (C=O) groups excluding carboxylic acids is 3. The third kappa shape index (κ3) is 5.28. The number of esters is 2. The van der Waals surface area contributed by atoms with Gasteiger partial charge in [-0.1, -0.05) is 12.1 Å². The molecular formula is C21H25N3O7S. The van der Waals surface area contributed by atoms with Gasteiger partial charge in [0.25, 0.3) is 5.69 Å². The van der Waals surface area contributed by atoms with Crippen molar-refractivity contribution in [2.24, 2.45) is 0 Å². The van der Waals surface area contributed by atoms with Crippen molar-refractivity contribution < 1.29 is 28.8 Å². The van der Waals surface area contributed by atoms with Crippen LogP contribution in [0.2, 0.25) is 0 Å². The molecule has 1 N–H and O–H groups in total. The maximum atomic E-state index is 13.1. The summed E-state index contributed by atoms with van der Waals surface area (Å²) in [5.74, 6) is -1.78. The highest BCUT2D eigenvalue weighted by atomic mass is 32.2. The van der Waals surface area contributed by atoms with Crippen LogP contribution >= 0.6 is 11.8 Å². The number of benzene rings is 1. The normalized spacial score (nSPS) is 16.0. The van der Waals surface area contributed by atoms with Gasteiger partial charge in [0.15, 0.2) is 0 Å². The van der Waals surface area contributed by atoms with Crippen LogP contribution in [0.5, 0.6) is 0 Å². The zero-order valence-corrected chi connectivity index (χ0v) is 19.1. The fourth-order valence-electron chi connectivity index (χ4n) is 3.37. The molecule has 0 bridgehead atoms. The standard InChI is InChI=1S/C21H25N3O7S/c1-5-31-21(27)18-17(14-7-6-8-15(11-14)24(28)29)16(20(26)30-4)13(2)23(3)19(18)32-10-9-22-12-25/h6-8,11-12,17H,5,9-10H2,1-4H3,(H,22,25). The van der Waals surface area contributed by atoms with Crippen LogP contribution in [0.15, 0.2) is 46.1 Å². The predicted molar refractivity (Wildman–Crippen MR) is 119 cm³/mol. The van der Waals surface area contributed by atoms with Crippen LogP contribution in [-0.2, 0) is 23.9 Å². The minimum Gasteiger partial charge on any atom is -0.466 e. The topological polar surface area (TPSA) is 128 Å². The van der Waals surface area contributed by atoms with E-state index in [2.05, 4.69) is 5.32 Å². The quantitative estimate of drug-likeness (QED) is 0.183. The molecule has 2 rings (SSSR count). The molecule has 1 amide bonds. The number of amides is 1. The van der Waals surface area contributed by atoms with Crippen LogP contribution in [0.3, 0.4) is 0 Å². The first-order chi connectivity index (χ1) is 15.3. The number of carbonyl (C=O) groups is 3. The number of nitrogens with one attached hydrogen (secondary N) is 1. The Kier molecular flexibility index (Phi) is 8.82. The summed E-state index contributed by atoms with van der Waals surface area (Å²) in [6.45, 7) is 3.84. The van der Waals surface area contributed by atoms with E-state index in [1.165, 1.54) is 37.1 Å². The van der Waals surface area contributed by atoms with E-state index in [1.807, 2.05) is 0 Å². The van der Waals surface area contributed by atoms with Crippen molar-refractivity contribution in [3.05, 3.63) is 61.8 Å². The van der Waals surface area contributed by atoms with Gasteiger partial charge in [0.05, 0.1) is 40.7 Å². The van der Waals surface area contributed by atoms with E-state index >= 15 is 0 Å². The Morgan fingerprint density at radius 2 is 2.03 bits per heavy atom. The van der Waals surface area contributed by atoms with Crippen LogP contribution < -0.4 is 5.32 Å². The summed E-state index contributed by atoms with van der Waals surface area (Å²) in [5.41, 5.74) is 1.12. The average Bonchev–Trinajstić information content (AvgIpc) is 2.78. The number of hydrogen-bond acceptors (Lipinski definition) is 9. The Morgan fingerprint density at radius 3 is 2.62 bits per heavy atom. The second-order valence-corrected chi connectivity index (χ2v) is 7.78. The highest BCUT2D eigenvalue weighted by molar-refractivity contribution is 8.03. The molecule has 1 aliphatic heterocycles. The van der Waals surface area contributed by atoms with Crippen molar-refractivity contribution in [1.29, 1.82) is 0 Å². The zero-order chi connectivity index (χ0) is 23.8. The van der Waals surface area contributed by atoms with Crippen molar-refractivity contribution >= 4 is 35.8 Å². The molecule has 1 unspecified atom stereocenters. The van der Waals surface area contributed by atoms with Crippen molar-refractivity contribution in [3.63, 3.8) is 0 Å². The van der Waals surface area contributed by atoms with E-state index in [9.17, 15) is 24.5 Å². The monoisotopic (exact) mass is 463 g/mol. The van der Waals surface area contributed by atoms with Crippen LogP contribution in [0, 0.1) is 10.1 Å². The summed E-state index contributed by atoms with van der Waals surface area (Å²) in [6.07, 6.45) is 0.582. The predicted octanol–water partition coefficient (Wildman–Crippen LogP) is 2.32. The van der Waals surface area contributed by atoms with Crippen molar-refractivity contribution in [2.75, 3.05) is 33.1 Å². The number of allylic oxidation sites excluding steroid dienone is 1. The molecule has 0 spiro atoms. The van der Waals surface area contributed by atoms with E-state index in [0.717, 1.165) is 0 Å². The first-order valence-electron chi connectivity index (χ1n) is 9.76. The maximum Gasteiger partial charge on any atom is 0.337 e. The third-order valence-corrected chi connectivity index (χ3v) is 6.06. The molecule has 0 aliphatic carbocycles. The minimum absolute atomic E-state index is 0.106. The van der Waals surface area contributed by atoms with Crippen LogP contribution in [-0.4, -0.2) is 61.2 Å². The maximum absolute atomic E-state index is 13.1. The summed E-state index contributed by atoms with van der Waals surface area (Å²) >= 11 is 1.30. The highest BCUT2D eigenvalue weighted by Crippen LogP contribution is 2.45. The van der Waals surface area contributed by atoms with Gasteiger partial charge in [-0.3, -0.25) is 14.9 Å². The van der Waals surface area contributed by atoms with Gasteiger partial charge in [0.2, 0.25) is 6.41 Å². The lowest BCUT2D eigenvalue weighted by Crippen LogP contribution is -2.33. The van der Waals surface area contributed by atoms with E-state index in [-0.39, 0.29) is 23.4 Å². The molecule has 1 atom stereocenters. The van der Waals surface area contributed by atoms with Gasteiger partial charge in [-0.2, -0.15) is 0 Å². The fraction of sp³-hybridized carbons (Fsp3) is 0.381. The van der Waals surface area contributed by atoms with Crippen LogP contribution in [0.25, 0.3) is 0 Å². The molecule has 172 valence electrons. The summed E-state index contributed by atoms with van der Waals surface area (Å²) in [6, 6.07) is 5.79. The molecule has 1 aromatic rings. The number of hydrogen-bond donors (Lipinski definition) is 1. The van der Waals surface area contributed by atoms with Gasteiger partial charge >= 0.3 is 11.9 Å². The molecule has 0 fully saturated rings. The molecule has 1 heterocycles. The second kappa shape index (κ2) is 11.3. The fourth-order valence-corrected chi connectivity index (χ4v) is 4.47. The number of non-ortho nitro benzene ring substituents is 1. The molecule has 0 saturated heterocycles. The lowest BCUT2D eigenvalue weighted by Gasteiger charge is -2.36. The lowest BCUT2D eigenvalue weighted by atomic mass is 9.81. The molecule has 32 heavy (non-hydrogen) atoms. The van der Waals surface area contributed by atoms with Gasteiger partial charge in [-0.05, 0) is 19.4 Å². The number of rotatable bonds is 10. The summed E-state index contributed by atoms with van der Waals surface area (Å²) in [7, 11) is 2.94. The Morgan fingerprint density at radius 1 is 1.31 bits per heavy atom. The van der Waals surface area contributed by atoms with E-state index in [4.69, 9.17) is 9.47 Å². The first kappa shape index (κ1) is 24.9. The second-order valence-electron chi connectivity index (χ2n) is 6.69. The number of nitro benzene ring substituents is 1. The van der Waals surface area contributed by atoms with Gasteiger partial charge in [0, 0.05) is 37.2 Å². The van der Waals surface area contributed by atoms with Crippen molar-refractivity contribution in [3.8, 4) is 0 Å². The minimum atomic E-state index is -0.931. The summed E-state index contributed by atoms with van der Waals surface area (Å²) in [5, 5.41) is 14.4. The number of thioether (sulfide) groups is 1. The molecule has 0 radical (unpaired) electrons. The van der Waals surface area contributed by atoms with E-state index < -0.39 is 22.8 Å². The van der Waals surface area contributed by atoms with Gasteiger partial charge in [0.1, 0.15) is 0 Å². The van der Waals surface area contributed by atoms with Crippen LogP contribution in [0.1, 0.15) is 25.3 Å². The van der Waals surface area contributed by atoms with Crippen LogP contribution in [0.4, 0.5) is 5.69 Å². The SMILES string of the molecule is CCOC(=O)C1=C(SCCNC=O)N(C)C(C)=C(C(=O)OC)C1c1cccc([N+](=O)[O-])c1. The number of methoxy groups -OCH3 is 1. The smallest absolute Gasteiger partial charge is 0.337 e. The van der Waals surface area contributed by atoms with E-state index in [1.54, 1.807) is 31.9 Å². The van der Waals surface area contributed by atoms with Gasteiger partial charge in [-0.25, -0.2) is 9.59 Å². The van der Waals surface area contributed by atoms with Gasteiger partial charge < -0.3 is 19.7 Å². The third-order valence-electron chi connectivity index (χ3n) is 4.89. The molecule has 10 nitrogen and oxygen atoms in total. The molecular weight excluding hydrogens is 438 g/mol. The molecule has 0 aromatic heterocycles. The number of ether oxygens (including phenoxy) is 2. The molecule has 11 heteroatoms. The van der Waals surface area contributed by atoms with Crippen molar-refractivity contribution in [1.82, 2.24) is 10.2 Å². The lowest BCUT2D eigenvalue weighted by molar-refractivity contribution is -0.384. The Bertz CT molecular complexity index is 974. The number of nitro groups is 1. The Balaban J connectivity index is 2.75. The Labute approximate surface area is 189 Å². The first-order valence-corrected chi connectivity index (χ1v) is 10.7. The highest BCUT2D eigenvalue weighted by Gasteiger charge is 2.41. The summed E-state index contributed by atoms with van der Waals surface area (Å²) < 4.78 is 10.3.